The number of oxime groups is 1. The molecule has 0 unspecified atom stereocenters. The van der Waals surface area contributed by atoms with Crippen molar-refractivity contribution in [2.45, 2.75) is 19.9 Å². The van der Waals surface area contributed by atoms with Gasteiger partial charge in [-0.1, -0.05) is 65.3 Å². The molecule has 0 radical (unpaired) electrons. The van der Waals surface area contributed by atoms with Crippen molar-refractivity contribution < 1.29 is 9.63 Å². The summed E-state index contributed by atoms with van der Waals surface area (Å²) >= 11 is 0. The highest BCUT2D eigenvalue weighted by Gasteiger charge is 2.08. The summed E-state index contributed by atoms with van der Waals surface area (Å²) in [5, 5.41) is 6.67. The lowest BCUT2D eigenvalue weighted by atomic mass is 10.1. The van der Waals surface area contributed by atoms with E-state index in [9.17, 15) is 4.79 Å². The van der Waals surface area contributed by atoms with E-state index in [0.29, 0.717) is 0 Å². The number of rotatable bonds is 6. The lowest BCUT2D eigenvalue weighted by molar-refractivity contribution is -0.126. The molecule has 0 aliphatic carbocycles. The van der Waals surface area contributed by atoms with E-state index < -0.39 is 0 Å². The Labute approximate surface area is 130 Å². The van der Waals surface area contributed by atoms with Gasteiger partial charge in [-0.05, 0) is 25.0 Å². The summed E-state index contributed by atoms with van der Waals surface area (Å²) in [5.41, 5.74) is 3.18. The van der Waals surface area contributed by atoms with E-state index >= 15 is 0 Å². The Balaban J connectivity index is 1.75. The highest BCUT2D eigenvalue weighted by molar-refractivity contribution is 5.80. The van der Waals surface area contributed by atoms with Crippen LogP contribution < -0.4 is 5.32 Å². The maximum Gasteiger partial charge on any atom is 0.261 e. The lowest BCUT2D eigenvalue weighted by Gasteiger charge is -2.13. The summed E-state index contributed by atoms with van der Waals surface area (Å²) in [7, 11) is 0. The van der Waals surface area contributed by atoms with Crippen LogP contribution in [0.1, 0.15) is 29.7 Å². The van der Waals surface area contributed by atoms with Crippen molar-refractivity contribution >= 4 is 12.1 Å². The number of hydrogen-bond donors (Lipinski definition) is 1. The molecule has 2 rings (SSSR count). The van der Waals surface area contributed by atoms with E-state index in [2.05, 4.69) is 10.5 Å². The molecule has 0 saturated carbocycles. The van der Waals surface area contributed by atoms with E-state index in [0.717, 1.165) is 11.1 Å². The molecule has 4 nitrogen and oxygen atoms in total. The molecular formula is C18H20N2O2. The van der Waals surface area contributed by atoms with Gasteiger partial charge in [0.1, 0.15) is 0 Å². The predicted octanol–water partition coefficient (Wildman–Crippen LogP) is 3.22. The van der Waals surface area contributed by atoms with Crippen LogP contribution in [0.25, 0.3) is 0 Å². The summed E-state index contributed by atoms with van der Waals surface area (Å²) in [6.45, 7) is 3.86. The Kier molecular flexibility index (Phi) is 5.72. The molecule has 114 valence electrons. The molecule has 22 heavy (non-hydrogen) atoms. The molecule has 0 aliphatic heterocycles. The maximum absolute atomic E-state index is 11.8. The topological polar surface area (TPSA) is 50.7 Å². The zero-order valence-corrected chi connectivity index (χ0v) is 12.8. The van der Waals surface area contributed by atoms with Gasteiger partial charge in [-0.15, -0.1) is 0 Å². The Morgan fingerprint density at radius 3 is 2.55 bits per heavy atom. The molecule has 0 bridgehead atoms. The zero-order chi connectivity index (χ0) is 15.8. The van der Waals surface area contributed by atoms with Crippen LogP contribution in [-0.4, -0.2) is 18.7 Å². The van der Waals surface area contributed by atoms with Crippen LogP contribution in [-0.2, 0) is 9.63 Å². The molecule has 0 fully saturated rings. The van der Waals surface area contributed by atoms with Crippen molar-refractivity contribution in [2.24, 2.45) is 5.16 Å². The second-order valence-corrected chi connectivity index (χ2v) is 5.12. The van der Waals surface area contributed by atoms with Crippen LogP contribution in [0.4, 0.5) is 0 Å². The maximum atomic E-state index is 11.8. The molecule has 0 aliphatic rings. The van der Waals surface area contributed by atoms with Gasteiger partial charge in [0.05, 0.1) is 12.3 Å². The van der Waals surface area contributed by atoms with Gasteiger partial charge in [0.15, 0.2) is 6.61 Å². The van der Waals surface area contributed by atoms with Gasteiger partial charge in [-0.25, -0.2) is 0 Å². The SMILES string of the molecule is Cc1ccc(/C=N\OCC(=O)N[C@@H](C)c2ccccc2)cc1. The fourth-order valence-electron chi connectivity index (χ4n) is 1.95. The molecule has 0 spiro atoms. The van der Waals surface area contributed by atoms with Gasteiger partial charge in [-0.3, -0.25) is 4.79 Å². The first-order chi connectivity index (χ1) is 10.6. The predicted molar refractivity (Wildman–Crippen MR) is 87.7 cm³/mol. The molecule has 2 aromatic carbocycles. The van der Waals surface area contributed by atoms with Crippen LogP contribution in [0, 0.1) is 6.92 Å². The summed E-state index contributed by atoms with van der Waals surface area (Å²) in [4.78, 5) is 16.8. The van der Waals surface area contributed by atoms with Crippen molar-refractivity contribution in [3.63, 3.8) is 0 Å². The summed E-state index contributed by atoms with van der Waals surface area (Å²) in [6, 6.07) is 17.6. The average Bonchev–Trinajstić information content (AvgIpc) is 2.54. The van der Waals surface area contributed by atoms with Gasteiger partial charge in [0.25, 0.3) is 5.91 Å². The van der Waals surface area contributed by atoms with Crippen molar-refractivity contribution in [1.29, 1.82) is 0 Å². The highest BCUT2D eigenvalue weighted by atomic mass is 16.6. The molecule has 1 amide bonds. The summed E-state index contributed by atoms with van der Waals surface area (Å²) in [5.74, 6) is -0.197. The minimum absolute atomic E-state index is 0.0571. The third kappa shape index (κ3) is 5.05. The normalized spacial score (nSPS) is 12.1. The number of benzene rings is 2. The van der Waals surface area contributed by atoms with E-state index in [1.807, 2.05) is 68.4 Å². The largest absolute Gasteiger partial charge is 0.386 e. The van der Waals surface area contributed by atoms with E-state index in [1.54, 1.807) is 6.21 Å². The minimum atomic E-state index is -0.197. The number of aryl methyl sites for hydroxylation is 1. The van der Waals surface area contributed by atoms with Crippen molar-refractivity contribution in [2.75, 3.05) is 6.61 Å². The first-order valence-corrected chi connectivity index (χ1v) is 7.21. The first kappa shape index (κ1) is 15.8. The number of nitrogens with zero attached hydrogens (tertiary/aromatic N) is 1. The molecule has 0 heterocycles. The Morgan fingerprint density at radius 2 is 1.86 bits per heavy atom. The monoisotopic (exact) mass is 296 g/mol. The second kappa shape index (κ2) is 7.98. The molecule has 0 saturated heterocycles. The van der Waals surface area contributed by atoms with Crippen molar-refractivity contribution in [1.82, 2.24) is 5.32 Å². The van der Waals surface area contributed by atoms with Crippen molar-refractivity contribution in [3.8, 4) is 0 Å². The van der Waals surface area contributed by atoms with Gasteiger partial charge in [0.2, 0.25) is 0 Å². The summed E-state index contributed by atoms with van der Waals surface area (Å²) in [6.07, 6.45) is 1.59. The van der Waals surface area contributed by atoms with Gasteiger partial charge in [-0.2, -0.15) is 0 Å². The van der Waals surface area contributed by atoms with Crippen LogP contribution in [0.2, 0.25) is 0 Å². The number of carbonyl (C=O) groups is 1. The number of amides is 1. The summed E-state index contributed by atoms with van der Waals surface area (Å²) < 4.78 is 0. The molecule has 4 heteroatoms. The van der Waals surface area contributed by atoms with Crippen LogP contribution >= 0.6 is 0 Å². The molecule has 0 aromatic heterocycles. The highest BCUT2D eigenvalue weighted by Crippen LogP contribution is 2.10. The second-order valence-electron chi connectivity index (χ2n) is 5.12. The van der Waals surface area contributed by atoms with E-state index in [1.165, 1.54) is 5.56 Å². The third-order valence-corrected chi connectivity index (χ3v) is 3.23. The molecule has 1 atom stereocenters. The third-order valence-electron chi connectivity index (χ3n) is 3.23. The van der Waals surface area contributed by atoms with Crippen LogP contribution in [0.5, 0.6) is 0 Å². The standard InChI is InChI=1S/C18H20N2O2/c1-14-8-10-16(11-9-14)12-19-22-13-18(21)20-15(2)17-6-4-3-5-7-17/h3-12,15H,13H2,1-2H3,(H,20,21)/b19-12-/t15-/m0/s1. The molecule has 1 N–H and O–H groups in total. The number of carbonyl (C=O) groups excluding carboxylic acids is 1. The van der Waals surface area contributed by atoms with Gasteiger partial charge >= 0.3 is 0 Å². The van der Waals surface area contributed by atoms with E-state index in [4.69, 9.17) is 4.84 Å². The zero-order valence-electron chi connectivity index (χ0n) is 12.8. The van der Waals surface area contributed by atoms with E-state index in [-0.39, 0.29) is 18.6 Å². The van der Waals surface area contributed by atoms with Gasteiger partial charge in [0, 0.05) is 0 Å². The Morgan fingerprint density at radius 1 is 1.18 bits per heavy atom. The van der Waals surface area contributed by atoms with Crippen molar-refractivity contribution in [3.05, 3.63) is 71.3 Å². The van der Waals surface area contributed by atoms with Crippen LogP contribution in [0.3, 0.4) is 0 Å². The molecule has 2 aromatic rings. The number of nitrogens with one attached hydrogen (secondary N) is 1. The van der Waals surface area contributed by atoms with Crippen LogP contribution in [0.15, 0.2) is 59.8 Å². The quantitative estimate of drug-likeness (QED) is 0.657. The first-order valence-electron chi connectivity index (χ1n) is 7.21. The Bertz CT molecular complexity index is 621. The minimum Gasteiger partial charge on any atom is -0.386 e. The Hall–Kier alpha value is -2.62. The smallest absolute Gasteiger partial charge is 0.261 e. The average molecular weight is 296 g/mol. The molecular weight excluding hydrogens is 276 g/mol. The fraction of sp³-hybridized carbons (Fsp3) is 0.222. The lowest BCUT2D eigenvalue weighted by Crippen LogP contribution is -2.29. The van der Waals surface area contributed by atoms with Gasteiger partial charge < -0.3 is 10.2 Å². The fourth-order valence-corrected chi connectivity index (χ4v) is 1.95. The number of hydrogen-bond acceptors (Lipinski definition) is 3.